The van der Waals surface area contributed by atoms with Crippen molar-refractivity contribution in [3.63, 3.8) is 0 Å². The molecule has 1 unspecified atom stereocenters. The van der Waals surface area contributed by atoms with Gasteiger partial charge in [0.1, 0.15) is 17.5 Å². The number of hydrogen-bond donors (Lipinski definition) is 1. The topological polar surface area (TPSA) is 70.1 Å². The van der Waals surface area contributed by atoms with Gasteiger partial charge in [0.25, 0.3) is 0 Å². The average Bonchev–Trinajstić information content (AvgIpc) is 3.23. The van der Waals surface area contributed by atoms with Gasteiger partial charge in [0.05, 0.1) is 10.6 Å². The summed E-state index contributed by atoms with van der Waals surface area (Å²) in [6.07, 6.45) is 5.49. The molecule has 3 heterocycles. The Morgan fingerprint density at radius 2 is 1.97 bits per heavy atom. The molecular weight excluding hydrogens is 461 g/mol. The molecule has 33 heavy (non-hydrogen) atoms. The van der Waals surface area contributed by atoms with Crippen molar-refractivity contribution in [1.82, 2.24) is 15.2 Å². The second kappa shape index (κ2) is 9.72. The molecule has 0 saturated carbocycles. The van der Waals surface area contributed by atoms with E-state index in [1.807, 2.05) is 45.4 Å². The number of piperazine rings is 1. The van der Waals surface area contributed by atoms with Crippen LogP contribution in [0.15, 0.2) is 41.5 Å². The number of thioether (sulfide) groups is 1. The van der Waals surface area contributed by atoms with Crippen LogP contribution in [-0.2, 0) is 4.74 Å². The van der Waals surface area contributed by atoms with Crippen LogP contribution in [0.3, 0.4) is 0 Å². The number of anilines is 1. The van der Waals surface area contributed by atoms with Gasteiger partial charge in [0, 0.05) is 37.9 Å². The summed E-state index contributed by atoms with van der Waals surface area (Å²) in [7, 11) is 0. The molecule has 1 amide bonds. The Hall–Kier alpha value is -2.59. The van der Waals surface area contributed by atoms with Gasteiger partial charge in [-0.1, -0.05) is 35.2 Å². The zero-order valence-corrected chi connectivity index (χ0v) is 20.8. The number of hydrogen-bond acceptors (Lipinski definition) is 8. The first-order valence-electron chi connectivity index (χ1n) is 10.8. The molecule has 10 heteroatoms. The van der Waals surface area contributed by atoms with Gasteiger partial charge in [-0.3, -0.25) is 0 Å². The molecule has 176 valence electrons. The number of thiazole rings is 1. The van der Waals surface area contributed by atoms with Crippen molar-refractivity contribution in [3.05, 3.63) is 47.2 Å². The summed E-state index contributed by atoms with van der Waals surface area (Å²) in [5.41, 5.74) is 0.560. The number of aromatic nitrogens is 1. The van der Waals surface area contributed by atoms with Gasteiger partial charge in [-0.2, -0.15) is 0 Å². The second-order valence-corrected chi connectivity index (χ2v) is 10.5. The SMILES string of the molecule is CSC1=NC(c2sc(N3CCN(C(=O)OC(C)(C)C)CC3)nc2-c2ccccc2F)C=CN1. The number of carbonyl (C=O) groups excluding carboxylic acids is 1. The van der Waals surface area contributed by atoms with E-state index in [9.17, 15) is 9.18 Å². The average molecular weight is 490 g/mol. The predicted octanol–water partition coefficient (Wildman–Crippen LogP) is 4.88. The molecule has 1 aromatic carbocycles. The zero-order chi connectivity index (χ0) is 23.6. The first kappa shape index (κ1) is 23.6. The largest absolute Gasteiger partial charge is 0.444 e. The number of aliphatic imine (C=N–C) groups is 1. The summed E-state index contributed by atoms with van der Waals surface area (Å²) in [5.74, 6) is -0.308. The lowest BCUT2D eigenvalue weighted by Crippen LogP contribution is -2.50. The number of amides is 1. The van der Waals surface area contributed by atoms with Gasteiger partial charge in [-0.15, -0.1) is 0 Å². The molecule has 1 fully saturated rings. The molecular formula is C23H28FN5O2S2. The van der Waals surface area contributed by atoms with E-state index in [2.05, 4.69) is 10.2 Å². The lowest BCUT2D eigenvalue weighted by Gasteiger charge is -2.35. The molecule has 2 aliphatic rings. The fraction of sp³-hybridized carbons (Fsp3) is 0.435. The number of nitrogens with zero attached hydrogens (tertiary/aromatic N) is 4. The van der Waals surface area contributed by atoms with Crippen molar-refractivity contribution >= 4 is 39.5 Å². The first-order valence-corrected chi connectivity index (χ1v) is 12.8. The Kier molecular flexibility index (Phi) is 6.94. The summed E-state index contributed by atoms with van der Waals surface area (Å²) in [6, 6.07) is 6.46. The summed E-state index contributed by atoms with van der Waals surface area (Å²) < 4.78 is 20.2. The van der Waals surface area contributed by atoms with E-state index in [1.165, 1.54) is 29.2 Å². The Morgan fingerprint density at radius 3 is 2.64 bits per heavy atom. The summed E-state index contributed by atoms with van der Waals surface area (Å²) in [5, 5.41) is 4.74. The third-order valence-corrected chi connectivity index (χ3v) is 6.97. The molecule has 7 nitrogen and oxygen atoms in total. The minimum atomic E-state index is -0.522. The molecule has 1 N–H and O–H groups in total. The molecule has 1 saturated heterocycles. The molecule has 0 aliphatic carbocycles. The number of benzene rings is 1. The third kappa shape index (κ3) is 5.50. The number of carbonyl (C=O) groups is 1. The van der Waals surface area contributed by atoms with Crippen LogP contribution in [0, 0.1) is 5.82 Å². The maximum Gasteiger partial charge on any atom is 0.410 e. The second-order valence-electron chi connectivity index (χ2n) is 8.73. The van der Waals surface area contributed by atoms with Crippen molar-refractivity contribution < 1.29 is 13.9 Å². The monoisotopic (exact) mass is 489 g/mol. The Bertz CT molecular complexity index is 1070. The van der Waals surface area contributed by atoms with Gasteiger partial charge in [-0.25, -0.2) is 19.2 Å². The number of ether oxygens (including phenoxy) is 1. The van der Waals surface area contributed by atoms with Crippen LogP contribution in [0.4, 0.5) is 14.3 Å². The summed E-state index contributed by atoms with van der Waals surface area (Å²) in [6.45, 7) is 7.93. The highest BCUT2D eigenvalue weighted by Crippen LogP contribution is 2.41. The smallest absolute Gasteiger partial charge is 0.410 e. The highest BCUT2D eigenvalue weighted by molar-refractivity contribution is 8.13. The lowest BCUT2D eigenvalue weighted by molar-refractivity contribution is 0.0240. The molecule has 1 aromatic heterocycles. The minimum absolute atomic E-state index is 0.238. The predicted molar refractivity (Wildman–Crippen MR) is 133 cm³/mol. The molecule has 1 atom stereocenters. The van der Waals surface area contributed by atoms with Crippen LogP contribution in [0.2, 0.25) is 0 Å². The first-order chi connectivity index (χ1) is 15.7. The van der Waals surface area contributed by atoms with Crippen LogP contribution in [0.1, 0.15) is 31.7 Å². The zero-order valence-electron chi connectivity index (χ0n) is 19.2. The third-order valence-electron chi connectivity index (χ3n) is 5.18. The van der Waals surface area contributed by atoms with Crippen LogP contribution >= 0.6 is 23.1 Å². The molecule has 2 aromatic rings. The maximum atomic E-state index is 14.7. The molecule has 2 aliphatic heterocycles. The van der Waals surface area contributed by atoms with Crippen molar-refractivity contribution in [1.29, 1.82) is 0 Å². The molecule has 4 rings (SSSR count). The van der Waals surface area contributed by atoms with E-state index in [4.69, 9.17) is 14.7 Å². The van der Waals surface area contributed by atoms with E-state index >= 15 is 0 Å². The van der Waals surface area contributed by atoms with Crippen LogP contribution in [0.5, 0.6) is 0 Å². The van der Waals surface area contributed by atoms with Gasteiger partial charge < -0.3 is 19.9 Å². The lowest BCUT2D eigenvalue weighted by atomic mass is 10.1. The van der Waals surface area contributed by atoms with Crippen molar-refractivity contribution in [2.75, 3.05) is 37.3 Å². The van der Waals surface area contributed by atoms with Gasteiger partial charge >= 0.3 is 6.09 Å². The number of amidine groups is 1. The fourth-order valence-electron chi connectivity index (χ4n) is 3.58. The Labute approximate surface area is 201 Å². The maximum absolute atomic E-state index is 14.7. The van der Waals surface area contributed by atoms with Gasteiger partial charge in [0.15, 0.2) is 10.3 Å². The van der Waals surface area contributed by atoms with Crippen LogP contribution in [0.25, 0.3) is 11.3 Å². The number of rotatable bonds is 3. The van der Waals surface area contributed by atoms with Gasteiger partial charge in [-0.05, 0) is 45.2 Å². The fourth-order valence-corrected chi connectivity index (χ4v) is 5.14. The van der Waals surface area contributed by atoms with Crippen molar-refractivity contribution in [2.45, 2.75) is 32.4 Å². The van der Waals surface area contributed by atoms with Crippen molar-refractivity contribution in [3.8, 4) is 11.3 Å². The van der Waals surface area contributed by atoms with E-state index in [1.54, 1.807) is 17.0 Å². The van der Waals surface area contributed by atoms with Crippen LogP contribution < -0.4 is 10.2 Å². The highest BCUT2D eigenvalue weighted by Gasteiger charge is 2.29. The highest BCUT2D eigenvalue weighted by atomic mass is 32.2. The molecule has 0 bridgehead atoms. The molecule has 0 spiro atoms. The number of nitrogens with one attached hydrogen (secondary N) is 1. The van der Waals surface area contributed by atoms with E-state index < -0.39 is 5.60 Å². The van der Waals surface area contributed by atoms with E-state index in [0.717, 1.165) is 15.2 Å². The minimum Gasteiger partial charge on any atom is -0.444 e. The number of halogens is 1. The normalized spacial score (nSPS) is 18.7. The summed E-state index contributed by atoms with van der Waals surface area (Å²) >= 11 is 3.05. The van der Waals surface area contributed by atoms with Crippen LogP contribution in [-0.4, -0.2) is 59.2 Å². The standard InChI is InChI=1S/C23H28FN5O2S2/c1-23(2,3)31-22(30)29-13-11-28(12-14-29)21-27-18(15-7-5-6-8-16(15)24)19(33-21)17-9-10-25-20(26-17)32-4/h5-10,17H,11-14H2,1-4H3,(H,25,26). The van der Waals surface area contributed by atoms with E-state index in [0.29, 0.717) is 37.4 Å². The molecule has 0 radical (unpaired) electrons. The van der Waals surface area contributed by atoms with E-state index in [-0.39, 0.29) is 18.0 Å². The summed E-state index contributed by atoms with van der Waals surface area (Å²) in [4.78, 5) is 26.8. The quantitative estimate of drug-likeness (QED) is 0.663. The van der Waals surface area contributed by atoms with Gasteiger partial charge in [0.2, 0.25) is 0 Å². The van der Waals surface area contributed by atoms with Crippen molar-refractivity contribution in [2.24, 2.45) is 4.99 Å². The Balaban J connectivity index is 1.60. The Morgan fingerprint density at radius 1 is 1.24 bits per heavy atom.